The Morgan fingerprint density at radius 2 is 0.793 bits per heavy atom. The van der Waals surface area contributed by atoms with Gasteiger partial charge in [0.1, 0.15) is 0 Å². The number of hydrogen-bond donors (Lipinski definition) is 0. The third-order valence-corrected chi connectivity index (χ3v) is 11.7. The van der Waals surface area contributed by atoms with E-state index in [1.807, 2.05) is 60.7 Å². The second-order valence-corrected chi connectivity index (χ2v) is 14.9. The van der Waals surface area contributed by atoms with Crippen molar-refractivity contribution in [2.75, 3.05) is 4.90 Å². The van der Waals surface area contributed by atoms with Gasteiger partial charge in [-0.15, -0.1) is 0 Å². The number of anilines is 3. The Kier molecular flexibility index (Phi) is 7.83. The van der Waals surface area contributed by atoms with E-state index in [9.17, 15) is 4.79 Å². The second-order valence-electron chi connectivity index (χ2n) is 14.9. The number of carbonyl (C=O) groups excluding carboxylic acids is 1. The monoisotopic (exact) mass is 741 g/mol. The average molecular weight is 742 g/mol. The van der Waals surface area contributed by atoms with E-state index in [4.69, 9.17) is 9.97 Å². The molecule has 0 unspecified atom stereocenters. The summed E-state index contributed by atoms with van der Waals surface area (Å²) in [6.07, 6.45) is 0. The first-order valence-corrected chi connectivity index (χ1v) is 19.6. The Hall–Kier alpha value is -7.69. The van der Waals surface area contributed by atoms with E-state index in [1.165, 1.54) is 0 Å². The van der Waals surface area contributed by atoms with Gasteiger partial charge in [-0.2, -0.15) is 0 Å². The van der Waals surface area contributed by atoms with Crippen molar-refractivity contribution >= 4 is 22.8 Å². The molecule has 0 N–H and O–H groups in total. The first-order valence-electron chi connectivity index (χ1n) is 19.6. The molecule has 8 aromatic carbocycles. The molecule has 0 radical (unpaired) electrons. The molecule has 4 heteroatoms. The lowest BCUT2D eigenvalue weighted by Crippen LogP contribution is -2.42. The van der Waals surface area contributed by atoms with Crippen LogP contribution in [0.15, 0.2) is 212 Å². The van der Waals surface area contributed by atoms with Crippen LogP contribution in [0.3, 0.4) is 0 Å². The molecular formula is C54H35N3O. The zero-order valence-electron chi connectivity index (χ0n) is 31.5. The van der Waals surface area contributed by atoms with E-state index in [2.05, 4.69) is 157 Å². The van der Waals surface area contributed by atoms with Crippen molar-refractivity contribution in [2.45, 2.75) is 5.41 Å². The third-order valence-electron chi connectivity index (χ3n) is 11.7. The highest BCUT2D eigenvalue weighted by Gasteiger charge is 2.51. The van der Waals surface area contributed by atoms with Crippen LogP contribution in [0.25, 0.3) is 45.0 Å². The predicted octanol–water partition coefficient (Wildman–Crippen LogP) is 12.9. The number of rotatable bonds is 5. The molecule has 1 aliphatic carbocycles. The second kappa shape index (κ2) is 13.5. The van der Waals surface area contributed by atoms with Crippen LogP contribution in [0.2, 0.25) is 0 Å². The van der Waals surface area contributed by atoms with Gasteiger partial charge in [0.25, 0.3) is 0 Å². The Bertz CT molecular complexity index is 2890. The summed E-state index contributed by atoms with van der Waals surface area (Å²) in [7, 11) is 0. The molecule has 11 rings (SSSR count). The van der Waals surface area contributed by atoms with Crippen LogP contribution < -0.4 is 4.90 Å². The van der Waals surface area contributed by atoms with Gasteiger partial charge in [-0.25, -0.2) is 9.97 Å². The molecule has 2 heterocycles. The molecule has 272 valence electrons. The quantitative estimate of drug-likeness (QED) is 0.176. The number of carbonyl (C=O) groups is 1. The number of hydrogen-bond acceptors (Lipinski definition) is 4. The number of fused-ring (bicyclic) bond motifs is 8. The van der Waals surface area contributed by atoms with Gasteiger partial charge in [0, 0.05) is 33.5 Å². The Labute approximate surface area is 337 Å². The highest BCUT2D eigenvalue weighted by atomic mass is 16.1. The molecule has 0 bridgehead atoms. The van der Waals surface area contributed by atoms with Crippen molar-refractivity contribution in [3.05, 3.63) is 246 Å². The third kappa shape index (κ3) is 5.19. The first kappa shape index (κ1) is 33.6. The number of nitrogens with zero attached hydrogens (tertiary/aromatic N) is 3. The van der Waals surface area contributed by atoms with Crippen molar-refractivity contribution < 1.29 is 4.79 Å². The summed E-state index contributed by atoms with van der Waals surface area (Å²) in [6.45, 7) is 0. The minimum Gasteiger partial charge on any atom is -0.310 e. The normalized spacial score (nSPS) is 13.3. The van der Waals surface area contributed by atoms with Crippen molar-refractivity contribution in [1.29, 1.82) is 0 Å². The van der Waals surface area contributed by atoms with E-state index in [1.54, 1.807) is 0 Å². The largest absolute Gasteiger partial charge is 0.310 e. The lowest BCUT2D eigenvalue weighted by atomic mass is 9.57. The number of ketones is 1. The van der Waals surface area contributed by atoms with Gasteiger partial charge in [0.15, 0.2) is 11.6 Å². The van der Waals surface area contributed by atoms with Crippen molar-refractivity contribution in [3.8, 4) is 45.0 Å². The molecule has 0 saturated carbocycles. The van der Waals surface area contributed by atoms with Crippen molar-refractivity contribution in [1.82, 2.24) is 9.97 Å². The fraction of sp³-hybridized carbons (Fsp3) is 0.0185. The van der Waals surface area contributed by atoms with E-state index in [-0.39, 0.29) is 5.78 Å². The van der Waals surface area contributed by atoms with Crippen LogP contribution in [0.4, 0.5) is 17.1 Å². The molecule has 1 aromatic heterocycles. The average Bonchev–Trinajstić information content (AvgIpc) is 3.31. The maximum Gasteiger partial charge on any atom is 0.193 e. The lowest BCUT2D eigenvalue weighted by Gasteiger charge is -2.48. The maximum atomic E-state index is 14.1. The molecule has 0 amide bonds. The molecule has 0 saturated heterocycles. The molecule has 2 aliphatic rings. The molecule has 58 heavy (non-hydrogen) atoms. The summed E-state index contributed by atoms with van der Waals surface area (Å²) >= 11 is 0. The van der Waals surface area contributed by atoms with Crippen LogP contribution in [0, 0.1) is 0 Å². The number of benzene rings is 8. The van der Waals surface area contributed by atoms with Crippen LogP contribution in [-0.2, 0) is 5.41 Å². The predicted molar refractivity (Wildman–Crippen MR) is 234 cm³/mol. The van der Waals surface area contributed by atoms with E-state index in [0.29, 0.717) is 5.82 Å². The number of para-hydroxylation sites is 2. The standard InChI is InChI=1S/C54H35N3O/c58-52-42-25-7-9-27-44(42)54(45-28-10-8-26-43(45)52)46-29-11-13-31-50(46)57(51-32-14-12-30-47(51)54)41-24-16-22-39(34-41)38-21-15-23-40(33-38)53-55-48(36-17-3-1-4-18-36)35-49(56-53)37-19-5-2-6-20-37/h1-35H. The summed E-state index contributed by atoms with van der Waals surface area (Å²) in [5.74, 6) is 0.742. The summed E-state index contributed by atoms with van der Waals surface area (Å²) in [5.41, 5.74) is 15.2. The highest BCUT2D eigenvalue weighted by molar-refractivity contribution is 6.14. The van der Waals surface area contributed by atoms with Crippen LogP contribution in [0.1, 0.15) is 38.2 Å². The fourth-order valence-corrected chi connectivity index (χ4v) is 9.16. The molecule has 1 spiro atoms. The van der Waals surface area contributed by atoms with Gasteiger partial charge in [-0.05, 0) is 69.8 Å². The minimum atomic E-state index is -0.691. The van der Waals surface area contributed by atoms with Gasteiger partial charge in [-0.3, -0.25) is 4.79 Å². The highest BCUT2D eigenvalue weighted by Crippen LogP contribution is 2.60. The summed E-state index contributed by atoms with van der Waals surface area (Å²) in [4.78, 5) is 26.7. The minimum absolute atomic E-state index is 0.0673. The molecule has 0 atom stereocenters. The Morgan fingerprint density at radius 1 is 0.362 bits per heavy atom. The molecule has 0 fully saturated rings. The van der Waals surface area contributed by atoms with E-state index in [0.717, 1.165) is 89.6 Å². The van der Waals surface area contributed by atoms with Gasteiger partial charge in [0.2, 0.25) is 0 Å². The molecule has 9 aromatic rings. The Balaban J connectivity index is 1.06. The summed E-state index contributed by atoms with van der Waals surface area (Å²) in [6, 6.07) is 73.6. The van der Waals surface area contributed by atoms with Crippen LogP contribution in [-0.4, -0.2) is 15.8 Å². The van der Waals surface area contributed by atoms with Crippen molar-refractivity contribution in [2.24, 2.45) is 0 Å². The SMILES string of the molecule is O=C1c2ccccc2C2(c3ccccc31)c1ccccc1N(c1cccc(-c3cccc(-c4nc(-c5ccccc5)cc(-c5ccccc5)n4)c3)c1)c1ccccc12. The van der Waals surface area contributed by atoms with Crippen LogP contribution >= 0.6 is 0 Å². The fourth-order valence-electron chi connectivity index (χ4n) is 9.16. The van der Waals surface area contributed by atoms with E-state index < -0.39 is 5.41 Å². The van der Waals surface area contributed by atoms with Gasteiger partial charge in [-0.1, -0.05) is 176 Å². The smallest absolute Gasteiger partial charge is 0.193 e. The van der Waals surface area contributed by atoms with Crippen LogP contribution in [0.5, 0.6) is 0 Å². The lowest BCUT2D eigenvalue weighted by molar-refractivity contribution is 0.103. The maximum absolute atomic E-state index is 14.1. The van der Waals surface area contributed by atoms with E-state index >= 15 is 0 Å². The zero-order chi connectivity index (χ0) is 38.6. The zero-order valence-corrected chi connectivity index (χ0v) is 31.5. The van der Waals surface area contributed by atoms with Gasteiger partial charge >= 0.3 is 0 Å². The van der Waals surface area contributed by atoms with Gasteiger partial charge < -0.3 is 4.90 Å². The Morgan fingerprint density at radius 3 is 1.36 bits per heavy atom. The topological polar surface area (TPSA) is 46.1 Å². The molecule has 1 aliphatic heterocycles. The first-order chi connectivity index (χ1) is 28.7. The summed E-state index contributed by atoms with van der Waals surface area (Å²) in [5, 5.41) is 0. The summed E-state index contributed by atoms with van der Waals surface area (Å²) < 4.78 is 0. The van der Waals surface area contributed by atoms with Crippen molar-refractivity contribution in [3.63, 3.8) is 0 Å². The molecular weight excluding hydrogens is 707 g/mol. The molecule has 4 nitrogen and oxygen atoms in total. The van der Waals surface area contributed by atoms with Gasteiger partial charge in [0.05, 0.1) is 28.2 Å². The number of aromatic nitrogens is 2.